The highest BCUT2D eigenvalue weighted by Crippen LogP contribution is 2.88. The molecule has 5 aliphatic rings. The predicted octanol–water partition coefficient (Wildman–Crippen LogP) is 3.98. The third kappa shape index (κ3) is 2.09. The highest BCUT2D eigenvalue weighted by Gasteiger charge is 2.85. The van der Waals surface area contributed by atoms with Crippen LogP contribution < -0.4 is 10.6 Å². The summed E-state index contributed by atoms with van der Waals surface area (Å²) >= 11 is 0. The van der Waals surface area contributed by atoms with Crippen LogP contribution in [0, 0.1) is 22.2 Å². The molecule has 1 spiro atoms. The van der Waals surface area contributed by atoms with E-state index in [0.29, 0.717) is 31.7 Å². The highest BCUT2D eigenvalue weighted by molar-refractivity contribution is 5.85. The number of nitrogens with one attached hydrogen (secondary N) is 2. The summed E-state index contributed by atoms with van der Waals surface area (Å²) in [5.41, 5.74) is -0.164. The normalized spacial score (nSPS) is 47.6. The number of hydrogen-bond acceptors (Lipinski definition) is 2. The van der Waals surface area contributed by atoms with Crippen molar-refractivity contribution in [2.24, 2.45) is 22.2 Å². The van der Waals surface area contributed by atoms with Crippen LogP contribution in [0.4, 0.5) is 13.2 Å². The van der Waals surface area contributed by atoms with Gasteiger partial charge >= 0.3 is 0 Å². The first-order valence-electron chi connectivity index (χ1n) is 11.3. The fourth-order valence-corrected chi connectivity index (χ4v) is 8.88. The van der Waals surface area contributed by atoms with Crippen molar-refractivity contribution < 1.29 is 18.0 Å². The molecule has 1 amide bonds. The molecular formula is C24H29F3N2O. The third-order valence-corrected chi connectivity index (χ3v) is 9.70. The Labute approximate surface area is 175 Å². The molecule has 2 N–H and O–H groups in total. The molecule has 6 heteroatoms. The van der Waals surface area contributed by atoms with Crippen molar-refractivity contribution in [1.82, 2.24) is 10.6 Å². The van der Waals surface area contributed by atoms with Crippen LogP contribution in [0.15, 0.2) is 30.3 Å². The molecule has 3 nitrogen and oxygen atoms in total. The molecule has 0 aromatic heterocycles. The highest BCUT2D eigenvalue weighted by atomic mass is 19.3. The van der Waals surface area contributed by atoms with Crippen LogP contribution in [0.5, 0.6) is 0 Å². The van der Waals surface area contributed by atoms with Gasteiger partial charge in [-0.25, -0.2) is 8.78 Å². The van der Waals surface area contributed by atoms with Gasteiger partial charge in [0.15, 0.2) is 0 Å². The van der Waals surface area contributed by atoms with Gasteiger partial charge in [0.2, 0.25) is 5.91 Å². The molecule has 30 heavy (non-hydrogen) atoms. The Kier molecular flexibility index (Phi) is 3.71. The standard InChI is InChI=1S/C24H29F3N2O/c25-14-21-9-16-8-20(19(30)29-18-6-7-28-15-24(18,26)27)11-22(13-21,23(21,10-16)12-20)17-4-2-1-3-5-17/h1-5,16,18,28H,6-15H2,(H,29,30)/t16?,18?,20?,21-,22-,23?/m1/s1. The first kappa shape index (κ1) is 19.1. The quantitative estimate of drug-likeness (QED) is 0.777. The van der Waals surface area contributed by atoms with E-state index in [1.54, 1.807) is 0 Å². The van der Waals surface area contributed by atoms with Crippen LogP contribution in [-0.4, -0.2) is 37.6 Å². The third-order valence-electron chi connectivity index (χ3n) is 9.70. The number of piperidine rings is 1. The van der Waals surface area contributed by atoms with E-state index in [-0.39, 0.29) is 35.2 Å². The van der Waals surface area contributed by atoms with Gasteiger partial charge < -0.3 is 10.6 Å². The van der Waals surface area contributed by atoms with E-state index in [9.17, 15) is 18.0 Å². The number of fused-ring (bicyclic) bond motifs is 2. The molecule has 0 radical (unpaired) electrons. The first-order chi connectivity index (χ1) is 14.3. The molecule has 162 valence electrons. The topological polar surface area (TPSA) is 41.1 Å². The van der Waals surface area contributed by atoms with Crippen molar-refractivity contribution in [3.63, 3.8) is 0 Å². The fourth-order valence-electron chi connectivity index (χ4n) is 8.88. The Balaban J connectivity index is 1.38. The van der Waals surface area contributed by atoms with Crippen LogP contribution in [0.1, 0.15) is 50.5 Å². The van der Waals surface area contributed by atoms with Crippen molar-refractivity contribution in [2.75, 3.05) is 19.8 Å². The largest absolute Gasteiger partial charge is 0.347 e. The van der Waals surface area contributed by atoms with Crippen molar-refractivity contribution in [2.45, 2.75) is 62.3 Å². The second-order valence-corrected chi connectivity index (χ2v) is 11.0. The molecule has 6 atom stereocenters. The second-order valence-electron chi connectivity index (χ2n) is 11.0. The van der Waals surface area contributed by atoms with E-state index in [1.165, 1.54) is 5.56 Å². The van der Waals surface area contributed by atoms with Gasteiger partial charge in [0.05, 0.1) is 24.7 Å². The molecule has 4 saturated carbocycles. The smallest absolute Gasteiger partial charge is 0.280 e. The Morgan fingerprint density at radius 3 is 2.63 bits per heavy atom. The summed E-state index contributed by atoms with van der Waals surface area (Å²) < 4.78 is 43.3. The van der Waals surface area contributed by atoms with Gasteiger partial charge in [0, 0.05) is 10.8 Å². The molecular weight excluding hydrogens is 389 g/mol. The van der Waals surface area contributed by atoms with Crippen molar-refractivity contribution in [1.29, 1.82) is 0 Å². The summed E-state index contributed by atoms with van der Waals surface area (Å²) in [5, 5.41) is 5.50. The van der Waals surface area contributed by atoms with E-state index >= 15 is 0 Å². The number of rotatable bonds is 4. The van der Waals surface area contributed by atoms with E-state index in [2.05, 4.69) is 22.8 Å². The van der Waals surface area contributed by atoms with Gasteiger partial charge in [-0.05, 0) is 68.4 Å². The first-order valence-corrected chi connectivity index (χ1v) is 11.3. The number of amides is 1. The van der Waals surface area contributed by atoms with Gasteiger partial charge in [-0.1, -0.05) is 30.3 Å². The minimum atomic E-state index is -2.94. The summed E-state index contributed by atoms with van der Waals surface area (Å²) in [7, 11) is 0. The number of carbonyl (C=O) groups excluding carboxylic acids is 1. The minimum Gasteiger partial charge on any atom is -0.347 e. The zero-order valence-corrected chi connectivity index (χ0v) is 17.2. The van der Waals surface area contributed by atoms with Gasteiger partial charge in [-0.15, -0.1) is 0 Å². The Hall–Kier alpha value is -1.56. The van der Waals surface area contributed by atoms with E-state index < -0.39 is 23.9 Å². The average molecular weight is 419 g/mol. The van der Waals surface area contributed by atoms with Gasteiger partial charge in [-0.3, -0.25) is 9.18 Å². The van der Waals surface area contributed by atoms with Crippen molar-refractivity contribution >= 4 is 5.91 Å². The SMILES string of the molecule is O=C(NC1CCNCC1(F)F)C12CC3CC4(C1)[C@](CF)(C3)C[C@@]4(c1ccccc1)C2. The predicted molar refractivity (Wildman–Crippen MR) is 107 cm³/mol. The van der Waals surface area contributed by atoms with E-state index in [0.717, 1.165) is 19.3 Å². The molecule has 5 fully saturated rings. The maximum atomic E-state index is 14.5. The number of carbonyl (C=O) groups is 1. The lowest BCUT2D eigenvalue weighted by atomic mass is 9.37. The Morgan fingerprint density at radius 1 is 1.10 bits per heavy atom. The number of alkyl halides is 3. The van der Waals surface area contributed by atoms with Crippen LogP contribution in [-0.2, 0) is 10.2 Å². The summed E-state index contributed by atoms with van der Waals surface area (Å²) in [6, 6.07) is 9.16. The second kappa shape index (κ2) is 5.81. The molecule has 4 aliphatic carbocycles. The van der Waals surface area contributed by atoms with Gasteiger partial charge in [0.25, 0.3) is 5.92 Å². The summed E-state index contributed by atoms with van der Waals surface area (Å²) in [6.07, 6.45) is 4.88. The van der Waals surface area contributed by atoms with Crippen LogP contribution in [0.2, 0.25) is 0 Å². The minimum absolute atomic E-state index is 0.195. The molecule has 3 bridgehead atoms. The zero-order chi connectivity index (χ0) is 20.8. The van der Waals surface area contributed by atoms with Crippen molar-refractivity contribution in [3.8, 4) is 0 Å². The molecule has 1 aromatic rings. The van der Waals surface area contributed by atoms with Crippen LogP contribution in [0.3, 0.4) is 0 Å². The lowest BCUT2D eigenvalue weighted by molar-refractivity contribution is -0.143. The molecule has 6 rings (SSSR count). The summed E-state index contributed by atoms with van der Waals surface area (Å²) in [6.45, 7) is -0.239. The lowest BCUT2D eigenvalue weighted by Gasteiger charge is -2.66. The molecule has 4 unspecified atom stereocenters. The van der Waals surface area contributed by atoms with E-state index in [1.807, 2.05) is 18.2 Å². The van der Waals surface area contributed by atoms with Crippen molar-refractivity contribution in [3.05, 3.63) is 35.9 Å². The fraction of sp³-hybridized carbons (Fsp3) is 0.708. The number of halogens is 3. The Bertz CT molecular complexity index is 894. The van der Waals surface area contributed by atoms with E-state index in [4.69, 9.17) is 0 Å². The van der Waals surface area contributed by atoms with Gasteiger partial charge in [-0.2, -0.15) is 0 Å². The maximum Gasteiger partial charge on any atom is 0.280 e. The summed E-state index contributed by atoms with van der Waals surface area (Å²) in [4.78, 5) is 13.6. The molecule has 1 aromatic carbocycles. The summed E-state index contributed by atoms with van der Waals surface area (Å²) in [5.74, 6) is -2.83. The molecule has 1 aliphatic heterocycles. The monoisotopic (exact) mass is 418 g/mol. The number of benzene rings is 1. The number of hydrogen-bond donors (Lipinski definition) is 2. The molecule has 1 heterocycles. The zero-order valence-electron chi connectivity index (χ0n) is 17.2. The molecule has 1 saturated heterocycles. The maximum absolute atomic E-state index is 14.5. The van der Waals surface area contributed by atoms with Crippen LogP contribution in [0.25, 0.3) is 0 Å². The van der Waals surface area contributed by atoms with Crippen LogP contribution >= 0.6 is 0 Å². The average Bonchev–Trinajstić information content (AvgIpc) is 3.03. The van der Waals surface area contributed by atoms with Gasteiger partial charge in [0.1, 0.15) is 0 Å². The Morgan fingerprint density at radius 2 is 1.90 bits per heavy atom. The lowest BCUT2D eigenvalue weighted by Crippen LogP contribution is -2.63.